The van der Waals surface area contributed by atoms with E-state index in [0.29, 0.717) is 43.7 Å². The smallest absolute Gasteiger partial charge is 0.188 e. The van der Waals surface area contributed by atoms with Crippen LogP contribution in [0.4, 0.5) is 4.39 Å². The van der Waals surface area contributed by atoms with E-state index in [1.165, 1.54) is 18.2 Å². The molecule has 0 N–H and O–H groups in total. The van der Waals surface area contributed by atoms with Gasteiger partial charge in [0.05, 0.1) is 5.69 Å². The van der Waals surface area contributed by atoms with Crippen LogP contribution in [0.25, 0.3) is 32.9 Å². The average molecular weight is 498 g/mol. The van der Waals surface area contributed by atoms with Gasteiger partial charge in [-0.2, -0.15) is 0 Å². The number of rotatable bonds is 6. The van der Waals surface area contributed by atoms with Crippen LogP contribution < -0.4 is 4.74 Å². The number of hydrogen-bond acceptors (Lipinski definition) is 6. The van der Waals surface area contributed by atoms with Gasteiger partial charge >= 0.3 is 0 Å². The fraction of sp³-hybridized carbons (Fsp3) is 0.346. The van der Waals surface area contributed by atoms with E-state index in [-0.39, 0.29) is 12.5 Å². The maximum Gasteiger partial charge on any atom is 0.188 e. The van der Waals surface area contributed by atoms with Crippen LogP contribution in [-0.4, -0.2) is 35.1 Å². The van der Waals surface area contributed by atoms with Crippen molar-refractivity contribution in [3.63, 3.8) is 0 Å². The van der Waals surface area contributed by atoms with Gasteiger partial charge in [-0.25, -0.2) is 14.4 Å². The van der Waals surface area contributed by atoms with Crippen molar-refractivity contribution in [2.24, 2.45) is 0 Å². The molecule has 5 nitrogen and oxygen atoms in total. The lowest BCUT2D eigenvalue weighted by molar-refractivity contribution is 0.0512. The molecular weight excluding hydrogens is 473 g/mol. The second-order valence-corrected chi connectivity index (χ2v) is 9.65. The van der Waals surface area contributed by atoms with Gasteiger partial charge in [0, 0.05) is 40.6 Å². The number of halogens is 2. The molecule has 4 aromatic rings. The zero-order valence-corrected chi connectivity index (χ0v) is 20.7. The van der Waals surface area contributed by atoms with E-state index in [1.54, 1.807) is 25.4 Å². The SMILES string of the molecule is COCOc1cc(-c2ncc3c(C4CCCCC4)nc(SC)nc3c2F)c2c(Cl)cccc2c1. The Morgan fingerprint density at radius 3 is 2.74 bits per heavy atom. The molecule has 1 fully saturated rings. The third-order valence-electron chi connectivity index (χ3n) is 6.37. The van der Waals surface area contributed by atoms with Crippen LogP contribution in [0.5, 0.6) is 5.75 Å². The van der Waals surface area contributed by atoms with E-state index < -0.39 is 5.82 Å². The van der Waals surface area contributed by atoms with Crippen molar-refractivity contribution in [3.05, 3.63) is 53.1 Å². The molecule has 0 spiro atoms. The third kappa shape index (κ3) is 4.32. The number of fused-ring (bicyclic) bond motifs is 2. The fourth-order valence-electron chi connectivity index (χ4n) is 4.78. The predicted octanol–water partition coefficient (Wildman–Crippen LogP) is 7.39. The molecule has 1 aliphatic rings. The fourth-order valence-corrected chi connectivity index (χ4v) is 5.43. The topological polar surface area (TPSA) is 57.1 Å². The number of pyridine rings is 1. The molecule has 0 amide bonds. The van der Waals surface area contributed by atoms with Crippen molar-refractivity contribution in [1.29, 1.82) is 0 Å². The maximum atomic E-state index is 16.2. The van der Waals surface area contributed by atoms with Crippen molar-refractivity contribution >= 4 is 45.0 Å². The molecule has 0 saturated heterocycles. The maximum absolute atomic E-state index is 16.2. The minimum Gasteiger partial charge on any atom is -0.468 e. The van der Waals surface area contributed by atoms with Crippen LogP contribution >= 0.6 is 23.4 Å². The van der Waals surface area contributed by atoms with E-state index in [0.717, 1.165) is 36.8 Å². The van der Waals surface area contributed by atoms with Gasteiger partial charge in [-0.1, -0.05) is 54.8 Å². The summed E-state index contributed by atoms with van der Waals surface area (Å²) in [6, 6.07) is 9.17. The molecule has 0 atom stereocenters. The first-order valence-electron chi connectivity index (χ1n) is 11.3. The van der Waals surface area contributed by atoms with Crippen molar-refractivity contribution in [2.75, 3.05) is 20.2 Å². The van der Waals surface area contributed by atoms with E-state index >= 15 is 4.39 Å². The van der Waals surface area contributed by atoms with E-state index in [1.807, 2.05) is 24.5 Å². The van der Waals surface area contributed by atoms with Gasteiger partial charge in [-0.15, -0.1) is 0 Å². The lowest BCUT2D eigenvalue weighted by Gasteiger charge is -2.23. The molecule has 0 radical (unpaired) electrons. The molecular formula is C26H25ClFN3O2S. The average Bonchev–Trinajstić information content (AvgIpc) is 2.87. The van der Waals surface area contributed by atoms with Crippen LogP contribution in [0.3, 0.4) is 0 Å². The van der Waals surface area contributed by atoms with Gasteiger partial charge in [0.25, 0.3) is 0 Å². The standard InChI is InChI=1S/C26H25ClFN3O2S/c1-32-14-33-17-11-16-9-6-10-20(27)21(16)18(12-17)24-22(28)25-19(13-29-24)23(30-26(31-25)34-2)15-7-4-3-5-8-15/h6,9-13,15H,3-5,7-8,14H2,1-2H3. The van der Waals surface area contributed by atoms with E-state index in [2.05, 4.69) is 9.97 Å². The lowest BCUT2D eigenvalue weighted by Crippen LogP contribution is -2.10. The Bertz CT molecular complexity index is 1360. The number of hydrogen-bond donors (Lipinski definition) is 0. The largest absolute Gasteiger partial charge is 0.468 e. The van der Waals surface area contributed by atoms with Gasteiger partial charge in [-0.05, 0) is 42.7 Å². The quantitative estimate of drug-likeness (QED) is 0.157. The molecule has 2 aromatic heterocycles. The normalized spacial score (nSPS) is 14.7. The van der Waals surface area contributed by atoms with Gasteiger partial charge in [0.2, 0.25) is 0 Å². The second kappa shape index (κ2) is 10.0. The molecule has 5 rings (SSSR count). The zero-order valence-electron chi connectivity index (χ0n) is 19.1. The number of ether oxygens (including phenoxy) is 2. The summed E-state index contributed by atoms with van der Waals surface area (Å²) in [6.45, 7) is 0.0776. The molecule has 2 aromatic carbocycles. The highest BCUT2D eigenvalue weighted by Gasteiger charge is 2.24. The zero-order chi connectivity index (χ0) is 23.7. The Balaban J connectivity index is 1.74. The summed E-state index contributed by atoms with van der Waals surface area (Å²) in [5.41, 5.74) is 1.95. The number of nitrogens with zero attached hydrogens (tertiary/aromatic N) is 3. The molecule has 176 valence electrons. The van der Waals surface area contributed by atoms with Crippen LogP contribution in [0.2, 0.25) is 5.02 Å². The van der Waals surface area contributed by atoms with E-state index in [9.17, 15) is 0 Å². The summed E-state index contributed by atoms with van der Waals surface area (Å²) in [7, 11) is 1.55. The summed E-state index contributed by atoms with van der Waals surface area (Å²) in [6.07, 6.45) is 9.31. The van der Waals surface area contributed by atoms with Crippen molar-refractivity contribution in [3.8, 4) is 17.0 Å². The molecule has 0 unspecified atom stereocenters. The first-order valence-corrected chi connectivity index (χ1v) is 13.0. The molecule has 8 heteroatoms. The first-order chi connectivity index (χ1) is 16.6. The monoisotopic (exact) mass is 497 g/mol. The summed E-state index contributed by atoms with van der Waals surface area (Å²) in [5.74, 6) is 0.374. The summed E-state index contributed by atoms with van der Waals surface area (Å²) < 4.78 is 26.9. The summed E-state index contributed by atoms with van der Waals surface area (Å²) in [4.78, 5) is 13.9. The highest BCUT2D eigenvalue weighted by Crippen LogP contribution is 2.41. The van der Waals surface area contributed by atoms with Gasteiger partial charge in [0.1, 0.15) is 17.0 Å². The Labute approximate surface area is 207 Å². The second-order valence-electron chi connectivity index (χ2n) is 8.47. The van der Waals surface area contributed by atoms with Gasteiger partial charge in [0.15, 0.2) is 17.8 Å². The first kappa shape index (κ1) is 23.3. The van der Waals surface area contributed by atoms with Gasteiger partial charge in [-0.3, -0.25) is 4.98 Å². The molecule has 1 saturated carbocycles. The van der Waals surface area contributed by atoms with Crippen LogP contribution in [0, 0.1) is 5.82 Å². The summed E-state index contributed by atoms with van der Waals surface area (Å²) in [5, 5.41) is 3.32. The number of benzene rings is 2. The number of thioether (sulfide) groups is 1. The molecule has 34 heavy (non-hydrogen) atoms. The number of aromatic nitrogens is 3. The minimum absolute atomic E-state index is 0.0776. The lowest BCUT2D eigenvalue weighted by atomic mass is 9.85. The van der Waals surface area contributed by atoms with Crippen molar-refractivity contribution in [2.45, 2.75) is 43.2 Å². The Hall–Kier alpha value is -2.48. The molecule has 2 heterocycles. The third-order valence-corrected chi connectivity index (χ3v) is 7.23. The van der Waals surface area contributed by atoms with Crippen LogP contribution in [0.1, 0.15) is 43.7 Å². The minimum atomic E-state index is -0.475. The summed E-state index contributed by atoms with van der Waals surface area (Å²) >= 11 is 7.99. The number of methoxy groups -OCH3 is 1. The molecule has 1 aliphatic carbocycles. The highest BCUT2D eigenvalue weighted by molar-refractivity contribution is 7.98. The Morgan fingerprint density at radius 2 is 1.97 bits per heavy atom. The van der Waals surface area contributed by atoms with E-state index in [4.69, 9.17) is 26.1 Å². The van der Waals surface area contributed by atoms with Crippen molar-refractivity contribution < 1.29 is 13.9 Å². The molecule has 0 aliphatic heterocycles. The van der Waals surface area contributed by atoms with Crippen LogP contribution in [0.15, 0.2) is 41.7 Å². The van der Waals surface area contributed by atoms with Crippen molar-refractivity contribution in [1.82, 2.24) is 15.0 Å². The Morgan fingerprint density at radius 1 is 1.15 bits per heavy atom. The van der Waals surface area contributed by atoms with Crippen LogP contribution in [-0.2, 0) is 4.74 Å². The predicted molar refractivity (Wildman–Crippen MR) is 135 cm³/mol. The molecule has 0 bridgehead atoms. The Kier molecular flexibility index (Phi) is 6.86. The van der Waals surface area contributed by atoms with Gasteiger partial charge < -0.3 is 9.47 Å². The highest BCUT2D eigenvalue weighted by atomic mass is 35.5.